The number of fused-ring (bicyclic) bond motifs is 1. The average Bonchev–Trinajstić information content (AvgIpc) is 2.74. The summed E-state index contributed by atoms with van der Waals surface area (Å²) in [5.41, 5.74) is 0.723. The van der Waals surface area contributed by atoms with Crippen LogP contribution in [0.2, 0.25) is 0 Å². The fraction of sp³-hybridized carbons (Fsp3) is 0.375. The highest BCUT2D eigenvalue weighted by Gasteiger charge is 2.56. The number of anilines is 1. The van der Waals surface area contributed by atoms with Crippen LogP contribution < -0.4 is 4.90 Å². The van der Waals surface area contributed by atoms with Crippen LogP contribution in [0.4, 0.5) is 5.69 Å². The van der Waals surface area contributed by atoms with Crippen LogP contribution in [0, 0.1) is 27.2 Å². The minimum absolute atomic E-state index is 0.000972. The van der Waals surface area contributed by atoms with Crippen LogP contribution in [-0.2, 0) is 9.59 Å². The van der Waals surface area contributed by atoms with Crippen LogP contribution in [0.5, 0.6) is 0 Å². The molecular formula is C16H14INO2. The number of hydrogen-bond acceptors (Lipinski definition) is 2. The molecule has 0 aromatic heterocycles. The van der Waals surface area contributed by atoms with Crippen LogP contribution in [0.3, 0.4) is 0 Å². The van der Waals surface area contributed by atoms with E-state index in [4.69, 9.17) is 0 Å². The molecule has 1 aromatic rings. The molecule has 1 heterocycles. The van der Waals surface area contributed by atoms with Gasteiger partial charge in [-0.3, -0.25) is 9.59 Å². The third-order valence-corrected chi connectivity index (χ3v) is 5.50. The summed E-state index contributed by atoms with van der Waals surface area (Å²) in [6.45, 7) is 0. The average molecular weight is 379 g/mol. The maximum absolute atomic E-state index is 12.7. The molecule has 102 valence electrons. The van der Waals surface area contributed by atoms with Crippen molar-refractivity contribution in [3.8, 4) is 0 Å². The number of allylic oxidation sites excluding steroid dienone is 2. The van der Waals surface area contributed by atoms with E-state index in [0.717, 1.165) is 22.1 Å². The van der Waals surface area contributed by atoms with E-state index in [0.29, 0.717) is 0 Å². The van der Waals surface area contributed by atoms with Crippen LogP contribution in [0.1, 0.15) is 12.8 Å². The molecule has 1 saturated heterocycles. The zero-order chi connectivity index (χ0) is 13.9. The molecule has 4 aliphatic rings. The molecule has 1 aliphatic heterocycles. The number of imide groups is 1. The lowest BCUT2D eigenvalue weighted by atomic mass is 9.63. The molecule has 1 saturated carbocycles. The van der Waals surface area contributed by atoms with Crippen molar-refractivity contribution in [3.05, 3.63) is 40.0 Å². The number of amides is 2. The molecule has 5 rings (SSSR count). The maximum Gasteiger partial charge on any atom is 0.238 e. The predicted molar refractivity (Wildman–Crippen MR) is 84.0 cm³/mol. The second-order valence-corrected chi connectivity index (χ2v) is 7.08. The van der Waals surface area contributed by atoms with Crippen molar-refractivity contribution in [2.75, 3.05) is 4.90 Å². The van der Waals surface area contributed by atoms with Gasteiger partial charge < -0.3 is 0 Å². The molecule has 0 N–H and O–H groups in total. The number of carbonyl (C=O) groups excluding carboxylic acids is 2. The molecule has 2 fully saturated rings. The van der Waals surface area contributed by atoms with Crippen LogP contribution in [0.25, 0.3) is 0 Å². The van der Waals surface area contributed by atoms with Gasteiger partial charge in [-0.05, 0) is 65.5 Å². The Morgan fingerprint density at radius 1 is 1.00 bits per heavy atom. The number of rotatable bonds is 1. The number of nitrogens with zero attached hydrogens (tertiary/aromatic N) is 1. The Kier molecular flexibility index (Phi) is 2.77. The molecule has 4 heteroatoms. The molecule has 1 aromatic carbocycles. The van der Waals surface area contributed by atoms with Gasteiger partial charge in [-0.15, -0.1) is 0 Å². The maximum atomic E-state index is 12.7. The highest BCUT2D eigenvalue weighted by atomic mass is 127. The van der Waals surface area contributed by atoms with Gasteiger partial charge in [0.1, 0.15) is 0 Å². The quantitative estimate of drug-likeness (QED) is 0.428. The molecule has 0 radical (unpaired) electrons. The van der Waals surface area contributed by atoms with E-state index in [-0.39, 0.29) is 35.5 Å². The second kappa shape index (κ2) is 4.41. The Morgan fingerprint density at radius 2 is 1.60 bits per heavy atom. The highest BCUT2D eigenvalue weighted by molar-refractivity contribution is 14.1. The summed E-state index contributed by atoms with van der Waals surface area (Å²) in [6.07, 6.45) is 6.39. The van der Waals surface area contributed by atoms with E-state index >= 15 is 0 Å². The van der Waals surface area contributed by atoms with Crippen molar-refractivity contribution in [3.63, 3.8) is 0 Å². The Hall–Kier alpha value is -1.17. The van der Waals surface area contributed by atoms with E-state index in [1.807, 2.05) is 24.3 Å². The molecule has 0 spiro atoms. The number of halogens is 1. The van der Waals surface area contributed by atoms with Crippen LogP contribution in [0.15, 0.2) is 36.4 Å². The summed E-state index contributed by atoms with van der Waals surface area (Å²) in [5.74, 6) is 0.277. The van der Waals surface area contributed by atoms with E-state index in [1.54, 1.807) is 0 Å². The SMILES string of the molecule is O=C1[C@@H]2[C@@H](C(=O)N1c1cccc(I)c1)[C@H]1C=C[C@@H]2CC1. The Labute approximate surface area is 131 Å². The van der Waals surface area contributed by atoms with Gasteiger partial charge >= 0.3 is 0 Å². The first-order chi connectivity index (χ1) is 9.66. The van der Waals surface area contributed by atoms with Gasteiger partial charge in [0.15, 0.2) is 0 Å². The van der Waals surface area contributed by atoms with E-state index in [2.05, 4.69) is 34.7 Å². The topological polar surface area (TPSA) is 37.4 Å². The standard InChI is InChI=1S/C16H14INO2/c17-11-2-1-3-12(8-11)18-15(19)13-9-4-5-10(7-6-9)14(13)16(18)20/h1-5,8-10,13-14H,6-7H2/t9-,10+,13-,14-/m0/s1. The highest BCUT2D eigenvalue weighted by Crippen LogP contribution is 2.50. The van der Waals surface area contributed by atoms with Gasteiger partial charge in [0.25, 0.3) is 0 Å². The first-order valence-corrected chi connectivity index (χ1v) is 8.06. The largest absolute Gasteiger partial charge is 0.274 e. The molecule has 20 heavy (non-hydrogen) atoms. The molecule has 0 unspecified atom stereocenters. The third kappa shape index (κ3) is 1.63. The normalized spacial score (nSPS) is 34.8. The van der Waals surface area contributed by atoms with Crippen LogP contribution >= 0.6 is 22.6 Å². The fourth-order valence-corrected chi connectivity index (χ4v) is 4.47. The monoisotopic (exact) mass is 379 g/mol. The van der Waals surface area contributed by atoms with E-state index in [9.17, 15) is 9.59 Å². The summed E-state index contributed by atoms with van der Waals surface area (Å²) in [5, 5.41) is 0. The third-order valence-electron chi connectivity index (χ3n) is 4.83. The van der Waals surface area contributed by atoms with Gasteiger partial charge in [0.05, 0.1) is 17.5 Å². The Bertz CT molecular complexity index is 607. The smallest absolute Gasteiger partial charge is 0.238 e. The Balaban J connectivity index is 1.77. The van der Waals surface area contributed by atoms with Crippen molar-refractivity contribution in [1.29, 1.82) is 0 Å². The summed E-state index contributed by atoms with van der Waals surface area (Å²) < 4.78 is 1.04. The summed E-state index contributed by atoms with van der Waals surface area (Å²) >= 11 is 2.21. The molecule has 4 atom stereocenters. The van der Waals surface area contributed by atoms with Crippen molar-refractivity contribution < 1.29 is 9.59 Å². The number of hydrogen-bond donors (Lipinski definition) is 0. The zero-order valence-electron chi connectivity index (χ0n) is 10.8. The predicted octanol–water partition coefficient (Wildman–Crippen LogP) is 2.99. The lowest BCUT2D eigenvalue weighted by molar-refractivity contribution is -0.124. The van der Waals surface area contributed by atoms with Gasteiger partial charge in [-0.2, -0.15) is 0 Å². The van der Waals surface area contributed by atoms with Gasteiger partial charge in [0, 0.05) is 3.57 Å². The summed E-state index contributed by atoms with van der Waals surface area (Å²) in [7, 11) is 0. The first kappa shape index (κ1) is 12.6. The summed E-state index contributed by atoms with van der Waals surface area (Å²) in [6, 6.07) is 7.62. The van der Waals surface area contributed by atoms with Crippen molar-refractivity contribution in [2.45, 2.75) is 12.8 Å². The second-order valence-electron chi connectivity index (χ2n) is 5.83. The lowest BCUT2D eigenvalue weighted by Gasteiger charge is -2.38. The number of carbonyl (C=O) groups is 2. The minimum atomic E-state index is -0.121. The molecule has 2 amide bonds. The molecule has 3 aliphatic carbocycles. The van der Waals surface area contributed by atoms with Crippen LogP contribution in [-0.4, -0.2) is 11.8 Å². The molecule has 3 nitrogen and oxygen atoms in total. The van der Waals surface area contributed by atoms with Crippen molar-refractivity contribution >= 4 is 40.1 Å². The van der Waals surface area contributed by atoms with Gasteiger partial charge in [-0.1, -0.05) is 18.2 Å². The van der Waals surface area contributed by atoms with Gasteiger partial charge in [0.2, 0.25) is 11.8 Å². The van der Waals surface area contributed by atoms with E-state index < -0.39 is 0 Å². The van der Waals surface area contributed by atoms with Crippen molar-refractivity contribution in [1.82, 2.24) is 0 Å². The zero-order valence-corrected chi connectivity index (χ0v) is 13.0. The van der Waals surface area contributed by atoms with E-state index in [1.165, 1.54) is 4.90 Å². The van der Waals surface area contributed by atoms with Crippen molar-refractivity contribution in [2.24, 2.45) is 23.7 Å². The van der Waals surface area contributed by atoms with Gasteiger partial charge in [-0.25, -0.2) is 4.90 Å². The summed E-state index contributed by atoms with van der Waals surface area (Å²) in [4.78, 5) is 26.9. The first-order valence-electron chi connectivity index (χ1n) is 6.98. The minimum Gasteiger partial charge on any atom is -0.274 e. The Morgan fingerprint density at radius 3 is 2.10 bits per heavy atom. The lowest BCUT2D eigenvalue weighted by Crippen LogP contribution is -2.38. The molecule has 2 bridgehead atoms. The fourth-order valence-electron chi connectivity index (χ4n) is 3.94. The number of benzene rings is 1. The molecular weight excluding hydrogens is 365 g/mol.